The van der Waals surface area contributed by atoms with Gasteiger partial charge in [-0.2, -0.15) is 0 Å². The van der Waals surface area contributed by atoms with E-state index in [0.717, 1.165) is 6.26 Å². The second kappa shape index (κ2) is 11.3. The average molecular weight is 591 g/mol. The Balaban J connectivity index is 1.55. The molecule has 0 aliphatic carbocycles. The van der Waals surface area contributed by atoms with E-state index in [0.29, 0.717) is 35.2 Å². The van der Waals surface area contributed by atoms with Crippen molar-refractivity contribution in [3.05, 3.63) is 92.5 Å². The van der Waals surface area contributed by atoms with Gasteiger partial charge < -0.3 is 20.4 Å². The number of nitrogens with one attached hydrogen (secondary N) is 1. The Bertz CT molecular complexity index is 1590. The Morgan fingerprint density at radius 2 is 1.79 bits per heavy atom. The van der Waals surface area contributed by atoms with Crippen molar-refractivity contribution in [2.75, 3.05) is 12.8 Å². The highest BCUT2D eigenvalue weighted by Gasteiger charge is 2.30. The normalized spacial score (nSPS) is 13.9. The number of hydrogen-bond acceptors (Lipinski definition) is 6. The van der Waals surface area contributed by atoms with Crippen LogP contribution >= 0.6 is 23.2 Å². The van der Waals surface area contributed by atoms with Crippen LogP contribution in [0.5, 0.6) is 5.75 Å². The summed E-state index contributed by atoms with van der Waals surface area (Å²) in [6, 6.07) is 12.0. The van der Waals surface area contributed by atoms with Crippen LogP contribution in [0.3, 0.4) is 0 Å². The van der Waals surface area contributed by atoms with Gasteiger partial charge in [-0.05, 0) is 59.5 Å². The van der Waals surface area contributed by atoms with Crippen LogP contribution in [0.2, 0.25) is 10.0 Å². The predicted octanol–water partition coefficient (Wildman–Crippen LogP) is 3.73. The molecule has 0 saturated heterocycles. The number of aromatic hydroxyl groups is 1. The number of phenols is 1. The van der Waals surface area contributed by atoms with Crippen LogP contribution in [0.15, 0.2) is 59.5 Å². The maximum absolute atomic E-state index is 13.2. The summed E-state index contributed by atoms with van der Waals surface area (Å²) in [5, 5.41) is 21.9. The van der Waals surface area contributed by atoms with E-state index in [1.807, 2.05) is 0 Å². The van der Waals surface area contributed by atoms with Crippen molar-refractivity contribution >= 4 is 50.8 Å². The van der Waals surface area contributed by atoms with E-state index in [-0.39, 0.29) is 45.1 Å². The van der Waals surface area contributed by atoms with E-state index in [4.69, 9.17) is 23.2 Å². The second-order valence-corrected chi connectivity index (χ2v) is 12.0. The molecule has 3 aromatic rings. The maximum atomic E-state index is 13.2. The quantitative estimate of drug-likeness (QED) is 0.380. The molecule has 1 atom stereocenters. The number of halogens is 2. The largest absolute Gasteiger partial charge is 0.508 e. The molecule has 1 aliphatic rings. The van der Waals surface area contributed by atoms with E-state index in [1.165, 1.54) is 36.4 Å². The van der Waals surface area contributed by atoms with Gasteiger partial charge in [0.2, 0.25) is 0 Å². The summed E-state index contributed by atoms with van der Waals surface area (Å²) in [4.78, 5) is 39.6. The zero-order valence-electron chi connectivity index (χ0n) is 20.6. The molecule has 39 heavy (non-hydrogen) atoms. The second-order valence-electron chi connectivity index (χ2n) is 9.20. The Morgan fingerprint density at radius 1 is 1.08 bits per heavy atom. The molecular formula is C27H24Cl2N2O7S. The number of nitrogens with zero attached hydrogens (tertiary/aromatic N) is 1. The van der Waals surface area contributed by atoms with Gasteiger partial charge in [-0.1, -0.05) is 41.4 Å². The van der Waals surface area contributed by atoms with Crippen molar-refractivity contribution in [1.82, 2.24) is 10.2 Å². The van der Waals surface area contributed by atoms with Gasteiger partial charge in [-0.25, -0.2) is 13.2 Å². The summed E-state index contributed by atoms with van der Waals surface area (Å²) in [5.41, 5.74) is 1.92. The summed E-state index contributed by atoms with van der Waals surface area (Å²) in [7, 11) is -3.50. The number of hydrogen-bond donors (Lipinski definition) is 3. The zero-order valence-corrected chi connectivity index (χ0v) is 23.0. The van der Waals surface area contributed by atoms with E-state index >= 15 is 0 Å². The number of phenolic OH excluding ortho intramolecular Hbond substituents is 1. The molecule has 0 bridgehead atoms. The fraction of sp³-hybridized carbons (Fsp3) is 0.222. The van der Waals surface area contributed by atoms with Gasteiger partial charge in [0.15, 0.2) is 9.84 Å². The number of aliphatic carboxylic acids is 1. The van der Waals surface area contributed by atoms with Gasteiger partial charge in [0.05, 0.1) is 20.5 Å². The summed E-state index contributed by atoms with van der Waals surface area (Å²) in [5.74, 6) is -2.42. The molecule has 4 rings (SSSR count). The fourth-order valence-corrected chi connectivity index (χ4v) is 5.88. The van der Waals surface area contributed by atoms with Gasteiger partial charge in [0, 0.05) is 31.3 Å². The molecule has 0 saturated carbocycles. The van der Waals surface area contributed by atoms with Crippen LogP contribution in [0, 0.1) is 0 Å². The van der Waals surface area contributed by atoms with Crippen LogP contribution in [-0.2, 0) is 34.0 Å². The number of sulfone groups is 1. The number of fused-ring (bicyclic) bond motifs is 1. The maximum Gasteiger partial charge on any atom is 0.326 e. The van der Waals surface area contributed by atoms with Crippen molar-refractivity contribution in [3.63, 3.8) is 0 Å². The molecule has 3 N–H and O–H groups in total. The van der Waals surface area contributed by atoms with E-state index < -0.39 is 27.8 Å². The molecule has 1 heterocycles. The van der Waals surface area contributed by atoms with Crippen molar-refractivity contribution < 1.29 is 33.0 Å². The standard InChI is InChI=1S/C27H24Cl2N2O7S/c1-39(37,38)19-7-2-4-15(10-19)11-22(27(35)36)30-25(33)23-21(28)13-17-14-31(9-8-20(17)24(23)29)26(34)16-5-3-6-18(32)12-16/h2-7,10,12-13,22,32H,8-9,11,14H2,1H3,(H,30,33)(H,35,36)/t22-/m0/s1. The van der Waals surface area contributed by atoms with Crippen LogP contribution < -0.4 is 5.32 Å². The smallest absolute Gasteiger partial charge is 0.326 e. The molecule has 0 radical (unpaired) electrons. The molecule has 12 heteroatoms. The number of benzene rings is 3. The first kappa shape index (κ1) is 28.4. The number of carbonyl (C=O) groups excluding carboxylic acids is 2. The topological polar surface area (TPSA) is 141 Å². The summed E-state index contributed by atoms with van der Waals surface area (Å²) in [6.45, 7) is 0.484. The van der Waals surface area contributed by atoms with Crippen molar-refractivity contribution in [1.29, 1.82) is 0 Å². The highest BCUT2D eigenvalue weighted by molar-refractivity contribution is 7.90. The summed E-state index contributed by atoms with van der Waals surface area (Å²) < 4.78 is 23.7. The molecule has 1 aliphatic heterocycles. The zero-order chi connectivity index (χ0) is 28.5. The lowest BCUT2D eigenvalue weighted by Crippen LogP contribution is -2.42. The lowest BCUT2D eigenvalue weighted by Gasteiger charge is -2.30. The third kappa shape index (κ3) is 6.35. The van der Waals surface area contributed by atoms with Crippen molar-refractivity contribution in [2.24, 2.45) is 0 Å². The third-order valence-corrected chi connectivity index (χ3v) is 8.21. The fourth-order valence-electron chi connectivity index (χ4n) is 4.42. The summed E-state index contributed by atoms with van der Waals surface area (Å²) >= 11 is 13.0. The van der Waals surface area contributed by atoms with Crippen LogP contribution in [0.4, 0.5) is 0 Å². The molecule has 0 fully saturated rings. The van der Waals surface area contributed by atoms with Gasteiger partial charge in [-0.15, -0.1) is 0 Å². The average Bonchev–Trinajstić information content (AvgIpc) is 2.87. The first-order chi connectivity index (χ1) is 18.3. The molecule has 3 aromatic carbocycles. The highest BCUT2D eigenvalue weighted by atomic mass is 35.5. The number of carbonyl (C=O) groups is 3. The minimum absolute atomic E-state index is 0.00822. The molecule has 204 valence electrons. The van der Waals surface area contributed by atoms with E-state index in [9.17, 15) is 33.0 Å². The molecule has 0 spiro atoms. The van der Waals surface area contributed by atoms with Crippen molar-refractivity contribution in [3.8, 4) is 5.75 Å². The number of rotatable bonds is 7. The predicted molar refractivity (Wildman–Crippen MR) is 145 cm³/mol. The highest BCUT2D eigenvalue weighted by Crippen LogP contribution is 2.35. The monoisotopic (exact) mass is 590 g/mol. The van der Waals surface area contributed by atoms with Gasteiger partial charge in [0.25, 0.3) is 11.8 Å². The van der Waals surface area contributed by atoms with Gasteiger partial charge in [-0.3, -0.25) is 9.59 Å². The Hall–Kier alpha value is -3.60. The molecule has 0 unspecified atom stereocenters. The summed E-state index contributed by atoms with van der Waals surface area (Å²) in [6.07, 6.45) is 1.21. The van der Waals surface area contributed by atoms with E-state index in [1.54, 1.807) is 23.1 Å². The molecular weight excluding hydrogens is 567 g/mol. The SMILES string of the molecule is CS(=O)(=O)c1cccc(C[C@H](NC(=O)c2c(Cl)cc3c(c2Cl)CCN(C(=O)c2cccc(O)c2)C3)C(=O)O)c1. The van der Waals surface area contributed by atoms with Gasteiger partial charge in [0.1, 0.15) is 11.8 Å². The molecule has 2 amide bonds. The number of carboxylic acids is 1. The minimum Gasteiger partial charge on any atom is -0.508 e. The number of amides is 2. The van der Waals surface area contributed by atoms with Crippen molar-refractivity contribution in [2.45, 2.75) is 30.3 Å². The number of carboxylic acid groups (broad SMARTS) is 1. The first-order valence-electron chi connectivity index (χ1n) is 11.8. The Labute approximate surface area is 234 Å². The third-order valence-electron chi connectivity index (χ3n) is 6.38. The Morgan fingerprint density at radius 3 is 2.46 bits per heavy atom. The minimum atomic E-state index is -3.50. The lowest BCUT2D eigenvalue weighted by molar-refractivity contribution is -0.139. The van der Waals surface area contributed by atoms with Crippen LogP contribution in [-0.4, -0.2) is 60.2 Å². The first-order valence-corrected chi connectivity index (χ1v) is 14.4. The van der Waals surface area contributed by atoms with Crippen LogP contribution in [0.1, 0.15) is 37.4 Å². The van der Waals surface area contributed by atoms with E-state index in [2.05, 4.69) is 5.32 Å². The Kier molecular flexibility index (Phi) is 8.20. The van der Waals surface area contributed by atoms with Crippen LogP contribution in [0.25, 0.3) is 0 Å². The molecule has 0 aromatic heterocycles. The lowest BCUT2D eigenvalue weighted by atomic mass is 9.95. The van der Waals surface area contributed by atoms with Gasteiger partial charge >= 0.3 is 5.97 Å². The molecule has 9 nitrogen and oxygen atoms in total.